The number of para-hydroxylation sites is 1. The van der Waals surface area contributed by atoms with E-state index < -0.39 is 0 Å². The summed E-state index contributed by atoms with van der Waals surface area (Å²) in [6.45, 7) is -0.180. The second kappa shape index (κ2) is 13.2. The molecule has 0 N–H and O–H groups in total. The third-order valence-electron chi connectivity index (χ3n) is 14.1. The van der Waals surface area contributed by atoms with Crippen LogP contribution in [0, 0.1) is 0 Å². The van der Waals surface area contributed by atoms with Crippen molar-refractivity contribution >= 4 is 104 Å². The predicted octanol–water partition coefficient (Wildman–Crippen LogP) is 15.3. The normalized spacial score (nSPS) is 12.9. The standard InChI is InChI=1S/C60H35BN2OS/c1-4-14-36(15-5-1)39-24-27-42(28-25-39)63-59-45(29-31-53-55(59)44-21-10-12-22-52(44)64-53)56-57-51(35-48-43-20-11-13-23-54(43)65-60(48)56)62-50-30-26-40(37-16-6-2-7-17-37)32-46(50)47-33-41(38-18-8-3-9-19-38)34-49(58(47)62)61(57)63/h1-35H. The Kier molecular flexibility index (Phi) is 7.19. The van der Waals surface area contributed by atoms with Crippen molar-refractivity contribution in [2.45, 2.75) is 0 Å². The summed E-state index contributed by atoms with van der Waals surface area (Å²) in [6, 6.07) is 78.4. The highest BCUT2D eigenvalue weighted by molar-refractivity contribution is 7.26. The van der Waals surface area contributed by atoms with Gasteiger partial charge in [0.2, 0.25) is 0 Å². The summed E-state index contributed by atoms with van der Waals surface area (Å²) in [5.74, 6) is 0. The van der Waals surface area contributed by atoms with Crippen LogP contribution >= 0.6 is 11.3 Å². The predicted molar refractivity (Wildman–Crippen MR) is 276 cm³/mol. The summed E-state index contributed by atoms with van der Waals surface area (Å²) in [7, 11) is 0. The van der Waals surface area contributed by atoms with Gasteiger partial charge in [-0.1, -0.05) is 152 Å². The van der Waals surface area contributed by atoms with E-state index in [2.05, 4.69) is 222 Å². The van der Waals surface area contributed by atoms with Gasteiger partial charge in [-0.25, -0.2) is 0 Å². The molecule has 0 saturated carbocycles. The van der Waals surface area contributed by atoms with E-state index in [1.54, 1.807) is 0 Å². The summed E-state index contributed by atoms with van der Waals surface area (Å²) in [4.78, 5) is 2.67. The lowest BCUT2D eigenvalue weighted by atomic mass is 9.43. The number of rotatable bonds is 4. The molecule has 2 aliphatic heterocycles. The average molecular weight is 843 g/mol. The topological polar surface area (TPSA) is 21.3 Å². The van der Waals surface area contributed by atoms with E-state index in [1.165, 1.54) is 109 Å². The fraction of sp³-hybridized carbons (Fsp3) is 0. The molecule has 5 heterocycles. The number of nitrogens with zero attached hydrogens (tertiary/aromatic N) is 2. The molecule has 3 aromatic heterocycles. The van der Waals surface area contributed by atoms with Crippen molar-refractivity contribution in [1.82, 2.24) is 4.57 Å². The third-order valence-corrected chi connectivity index (χ3v) is 15.3. The first-order valence-electron chi connectivity index (χ1n) is 22.4. The number of fused-ring (bicyclic) bond motifs is 15. The average Bonchev–Trinajstić information content (AvgIpc) is 4.06. The maximum atomic E-state index is 6.76. The smallest absolute Gasteiger partial charge is 0.333 e. The van der Waals surface area contributed by atoms with E-state index in [0.717, 1.165) is 27.6 Å². The van der Waals surface area contributed by atoms with Crippen molar-refractivity contribution in [3.05, 3.63) is 212 Å². The SMILES string of the molecule is c1ccc(-c2ccc(N3B4c5c(cc6c(sc7ccccc76)c5-c5ccc6oc7ccccc7c6c53)-n3c5ccc(-c6ccccc6)cc5c5cc(-c6ccccc6)cc4c53)cc2)cc1. The van der Waals surface area contributed by atoms with Gasteiger partial charge in [-0.3, -0.25) is 0 Å². The van der Waals surface area contributed by atoms with Crippen LogP contribution in [0.4, 0.5) is 11.4 Å². The van der Waals surface area contributed by atoms with E-state index in [4.69, 9.17) is 4.42 Å². The Morgan fingerprint density at radius 1 is 0.446 bits per heavy atom. The van der Waals surface area contributed by atoms with Crippen molar-refractivity contribution in [1.29, 1.82) is 0 Å². The van der Waals surface area contributed by atoms with Crippen LogP contribution in [-0.4, -0.2) is 11.4 Å². The molecule has 10 aromatic carbocycles. The van der Waals surface area contributed by atoms with Crippen LogP contribution in [0.15, 0.2) is 217 Å². The van der Waals surface area contributed by atoms with E-state index in [-0.39, 0.29) is 6.85 Å². The number of benzene rings is 10. The van der Waals surface area contributed by atoms with Crippen molar-refractivity contribution < 1.29 is 4.42 Å². The van der Waals surface area contributed by atoms with Gasteiger partial charge in [0.25, 0.3) is 0 Å². The van der Waals surface area contributed by atoms with Gasteiger partial charge in [-0.05, 0) is 105 Å². The summed E-state index contributed by atoms with van der Waals surface area (Å²) >= 11 is 1.92. The van der Waals surface area contributed by atoms with Crippen molar-refractivity contribution in [2.75, 3.05) is 4.81 Å². The minimum atomic E-state index is -0.180. The molecule has 0 spiro atoms. The lowest BCUT2D eigenvalue weighted by Crippen LogP contribution is -2.60. The van der Waals surface area contributed by atoms with Crippen molar-refractivity contribution in [2.24, 2.45) is 0 Å². The van der Waals surface area contributed by atoms with Crippen LogP contribution in [0.3, 0.4) is 0 Å². The Morgan fingerprint density at radius 3 is 1.85 bits per heavy atom. The number of hydrogen-bond donors (Lipinski definition) is 0. The molecule has 65 heavy (non-hydrogen) atoms. The summed E-state index contributed by atoms with van der Waals surface area (Å²) in [5, 5.41) is 7.37. The Balaban J connectivity index is 1.14. The van der Waals surface area contributed by atoms with E-state index in [0.29, 0.717) is 0 Å². The highest BCUT2D eigenvalue weighted by Crippen LogP contribution is 2.53. The fourth-order valence-corrected chi connectivity index (χ4v) is 12.6. The first-order valence-corrected chi connectivity index (χ1v) is 23.2. The molecule has 0 unspecified atom stereocenters. The number of anilines is 2. The zero-order valence-electron chi connectivity index (χ0n) is 35.0. The van der Waals surface area contributed by atoms with Crippen LogP contribution in [0.1, 0.15) is 0 Å². The molecule has 0 aliphatic carbocycles. The van der Waals surface area contributed by atoms with Crippen molar-refractivity contribution in [3.63, 3.8) is 0 Å². The maximum absolute atomic E-state index is 6.76. The van der Waals surface area contributed by atoms with Gasteiger partial charge in [0.15, 0.2) is 0 Å². The molecule has 0 saturated heterocycles. The summed E-state index contributed by atoms with van der Waals surface area (Å²) < 4.78 is 12.0. The molecule has 0 bridgehead atoms. The first kappa shape index (κ1) is 35.4. The molecule has 15 rings (SSSR count). The van der Waals surface area contributed by atoms with Crippen LogP contribution in [0.25, 0.3) is 114 Å². The quantitative estimate of drug-likeness (QED) is 0.165. The number of furan rings is 1. The molecular formula is C60H35BN2OS. The Hall–Kier alpha value is -8.12. The fourth-order valence-electron chi connectivity index (χ4n) is 11.4. The third kappa shape index (κ3) is 4.90. The van der Waals surface area contributed by atoms with Crippen LogP contribution in [0.5, 0.6) is 0 Å². The van der Waals surface area contributed by atoms with Crippen LogP contribution < -0.4 is 15.7 Å². The number of thiophene rings is 1. The number of hydrogen-bond acceptors (Lipinski definition) is 3. The van der Waals surface area contributed by atoms with Gasteiger partial charge in [-0.15, -0.1) is 11.3 Å². The summed E-state index contributed by atoms with van der Waals surface area (Å²) in [6.07, 6.45) is 0. The van der Waals surface area contributed by atoms with E-state index in [1.807, 2.05) is 11.3 Å². The Labute approximate surface area is 378 Å². The van der Waals surface area contributed by atoms with Crippen LogP contribution in [0.2, 0.25) is 0 Å². The first-order chi connectivity index (χ1) is 32.2. The molecule has 3 nitrogen and oxygen atoms in total. The van der Waals surface area contributed by atoms with Gasteiger partial charge in [0.1, 0.15) is 11.2 Å². The second-order valence-electron chi connectivity index (χ2n) is 17.5. The highest BCUT2D eigenvalue weighted by Gasteiger charge is 2.46. The Bertz CT molecular complexity index is 4110. The minimum Gasteiger partial charge on any atom is -0.456 e. The lowest BCUT2D eigenvalue weighted by molar-refractivity contribution is 0.669. The molecule has 0 amide bonds. The molecule has 5 heteroatoms. The van der Waals surface area contributed by atoms with Gasteiger partial charge < -0.3 is 13.8 Å². The van der Waals surface area contributed by atoms with Gasteiger partial charge in [0, 0.05) is 64.5 Å². The molecule has 13 aromatic rings. The molecule has 0 radical (unpaired) electrons. The van der Waals surface area contributed by atoms with Gasteiger partial charge >= 0.3 is 6.85 Å². The minimum absolute atomic E-state index is 0.180. The molecule has 0 fully saturated rings. The zero-order chi connectivity index (χ0) is 42.3. The molecule has 2 aliphatic rings. The van der Waals surface area contributed by atoms with Gasteiger partial charge in [-0.2, -0.15) is 0 Å². The Morgan fingerprint density at radius 2 is 1.08 bits per heavy atom. The molecule has 300 valence electrons. The van der Waals surface area contributed by atoms with Crippen molar-refractivity contribution in [3.8, 4) is 50.2 Å². The highest BCUT2D eigenvalue weighted by atomic mass is 32.1. The lowest BCUT2D eigenvalue weighted by Gasteiger charge is -2.42. The van der Waals surface area contributed by atoms with Gasteiger partial charge in [0.05, 0.1) is 16.4 Å². The van der Waals surface area contributed by atoms with E-state index in [9.17, 15) is 0 Å². The molecular weight excluding hydrogens is 808 g/mol. The largest absolute Gasteiger partial charge is 0.456 e. The van der Waals surface area contributed by atoms with Crippen LogP contribution in [-0.2, 0) is 0 Å². The monoisotopic (exact) mass is 842 g/mol. The summed E-state index contributed by atoms with van der Waals surface area (Å²) in [5.41, 5.74) is 20.2. The molecule has 0 atom stereocenters. The number of aromatic nitrogens is 1. The maximum Gasteiger partial charge on any atom is 0.333 e. The zero-order valence-corrected chi connectivity index (χ0v) is 35.8. The van der Waals surface area contributed by atoms with E-state index >= 15 is 0 Å². The second-order valence-corrected chi connectivity index (χ2v) is 18.6.